The Morgan fingerprint density at radius 1 is 0.304 bits per heavy atom. The predicted octanol–water partition coefficient (Wildman–Crippen LogP) is 30.8. The molecule has 0 atom stereocenters. The van der Waals surface area contributed by atoms with Gasteiger partial charge in [0.05, 0.1) is 36.3 Å². The summed E-state index contributed by atoms with van der Waals surface area (Å²) in [5.41, 5.74) is 15.6. The molecule has 0 aliphatic heterocycles. The van der Waals surface area contributed by atoms with E-state index in [0.29, 0.717) is 55.8 Å². The van der Waals surface area contributed by atoms with Gasteiger partial charge in [0, 0.05) is 165 Å². The molecule has 4 aromatic heterocycles. The van der Waals surface area contributed by atoms with Crippen molar-refractivity contribution >= 4 is 66.7 Å². The molecule has 8 aromatic carbocycles. The summed E-state index contributed by atoms with van der Waals surface area (Å²) in [6, 6.07) is 57.4. The van der Waals surface area contributed by atoms with Crippen molar-refractivity contribution in [1.29, 1.82) is 0 Å². The second-order valence-corrected chi connectivity index (χ2v) is 42.2. The van der Waals surface area contributed by atoms with Crippen LogP contribution >= 0.6 is 0 Å². The molecule has 0 fully saturated rings. The Morgan fingerprint density at radius 2 is 0.594 bits per heavy atom. The predicted molar refractivity (Wildman–Crippen MR) is 543 cm³/mol. The van der Waals surface area contributed by atoms with Gasteiger partial charge in [-0.05, 0) is 138 Å². The van der Waals surface area contributed by atoms with E-state index < -0.39 is 21.7 Å². The van der Waals surface area contributed by atoms with Crippen LogP contribution in [0.5, 0.6) is 11.5 Å². The SMILES string of the molecule is CC(C)(C)C(=O)C=C(O)C(C)(C)C.CC(C)(C)C(=O)C=C(O)C(C)(C)C.CC(C)(C)C(=O)C=C(O)C(C)(C)C.CC(C)(C)C(=O)C=C(O)C(C)(C)C.COc1cc2cc(C)c(F)cc2nc1-c1[c-]c(C)cc(C)c1.COc1cc[c-]c(-c2ccc3cc(C)c(F)cc3n2)c1.Cc1[c-]c(-c2ccc3cc(C)c(F)cc3n2)cc(C)c1.Cc1c[c-]c(-c2ccc3cc(C)c(F)cc3n2)cc1C.[Ir].[Ir].[Ir].[Ir]. The number of allylic oxidation sites excluding steroid dienone is 8. The van der Waals surface area contributed by atoms with Gasteiger partial charge in [0.25, 0.3) is 0 Å². The molecule has 0 aliphatic rings. The summed E-state index contributed by atoms with van der Waals surface area (Å²) in [5, 5.41) is 41.9. The number of benzene rings is 8. The number of aryl methyl sites for hydroxylation is 10. The molecule has 0 spiro atoms. The van der Waals surface area contributed by atoms with Crippen LogP contribution in [-0.4, -0.2) is 77.7 Å². The second kappa shape index (κ2) is 52.6. The third-order valence-corrected chi connectivity index (χ3v) is 21.1. The zero-order valence-electron chi connectivity index (χ0n) is 87.0. The standard InChI is InChI=1S/C19H17FNO.2C18H15FN.C17H13FNO.4C11H20O2.4Ir/c1-11-5-12(2)7-15(6-11)19-18(22-4)9-14-8-13(3)16(20)10-17(14)21-19;1-11-6-12(2)8-15(7-11)17-5-4-14-9-13(3)16(19)10-18(14)20-17;1-11-4-5-14(8-12(11)2)17-7-6-15-9-13(3)16(19)10-18(15)20-17;1-11-8-13-6-7-16(19-17(13)10-15(11)18)12-4-3-5-14(9-12)20-2;4*1-10(2,3)8(12)7-9(13)11(4,5)6;;;;/h5-6,8-10H,1-4H3;4-7,9-10H,1-3H3;4,6-10H,1-3H3;3,5-10H,1-2H3;4*7,12H,1-6H3;;;;/q4*-1;;;;;;;;. The van der Waals surface area contributed by atoms with Crippen molar-refractivity contribution in [3.8, 4) is 56.5 Å². The molecule has 0 unspecified atom stereocenters. The van der Waals surface area contributed by atoms with Crippen LogP contribution in [0.15, 0.2) is 193 Å². The number of ketones is 4. The third kappa shape index (κ3) is 39.3. The molecule has 0 amide bonds. The molecule has 14 nitrogen and oxygen atoms in total. The number of carbonyl (C=O) groups is 4. The number of hydrogen-bond donors (Lipinski definition) is 4. The Bertz CT molecular complexity index is 6130. The van der Waals surface area contributed by atoms with Crippen LogP contribution in [0.25, 0.3) is 88.6 Å². The number of ether oxygens (including phenoxy) is 2. The quantitative estimate of drug-likeness (QED) is 0.0433. The number of methoxy groups -OCH3 is 2. The van der Waals surface area contributed by atoms with Crippen molar-refractivity contribution in [2.75, 3.05) is 14.2 Å². The van der Waals surface area contributed by atoms with Gasteiger partial charge in [0.2, 0.25) is 0 Å². The molecule has 0 saturated carbocycles. The Hall–Kier alpha value is -9.84. The summed E-state index contributed by atoms with van der Waals surface area (Å²) < 4.78 is 65.4. The maximum Gasteiger partial charge on any atom is 0.164 e. The minimum Gasteiger partial charge on any atom is -0.516 e. The average molecular weight is 2600 g/mol. The van der Waals surface area contributed by atoms with E-state index in [1.807, 2.05) is 272 Å². The van der Waals surface area contributed by atoms with Crippen molar-refractivity contribution in [2.45, 2.75) is 235 Å². The van der Waals surface area contributed by atoms with E-state index in [2.05, 4.69) is 83.2 Å². The Balaban J connectivity index is 0.000000794. The topological polar surface area (TPSA) is 219 Å². The summed E-state index contributed by atoms with van der Waals surface area (Å²) in [6.07, 6.45) is 5.33. The van der Waals surface area contributed by atoms with Crippen molar-refractivity contribution in [2.24, 2.45) is 43.3 Å². The van der Waals surface area contributed by atoms with Crippen LogP contribution in [0.4, 0.5) is 17.6 Å². The van der Waals surface area contributed by atoms with Gasteiger partial charge >= 0.3 is 0 Å². The monoisotopic (exact) mass is 2600 g/mol. The normalized spacial score (nSPS) is 11.9. The first-order chi connectivity index (χ1) is 61.4. The van der Waals surface area contributed by atoms with Crippen molar-refractivity contribution in [3.05, 3.63) is 296 Å². The fraction of sp³-hybridized carbons (Fsp3) is 0.379. The zero-order valence-corrected chi connectivity index (χ0v) is 96.6. The molecular weight excluding hydrogens is 2450 g/mol. The number of nitrogens with zero attached hydrogens (tertiary/aromatic N) is 4. The maximum atomic E-state index is 13.8. The fourth-order valence-electron chi connectivity index (χ4n) is 11.7. The molecule has 4 N–H and O–H groups in total. The van der Waals surface area contributed by atoms with E-state index in [-0.39, 0.29) is 172 Å². The van der Waals surface area contributed by atoms with Crippen LogP contribution in [0.1, 0.15) is 222 Å². The smallest absolute Gasteiger partial charge is 0.164 e. The Kier molecular flexibility index (Phi) is 48.1. The van der Waals surface area contributed by atoms with Crippen LogP contribution in [0, 0.1) is 160 Å². The summed E-state index contributed by atoms with van der Waals surface area (Å²) in [4.78, 5) is 64.1. The number of halogens is 4. The number of carbonyl (C=O) groups excluding carboxylic acids is 4. The van der Waals surface area contributed by atoms with E-state index in [9.17, 15) is 57.2 Å². The van der Waals surface area contributed by atoms with Crippen LogP contribution in [-0.2, 0) is 99.6 Å². The first kappa shape index (κ1) is 126. The van der Waals surface area contributed by atoms with Crippen LogP contribution in [0.3, 0.4) is 0 Å². The maximum absolute atomic E-state index is 13.8. The number of aromatic nitrogens is 4. The third-order valence-electron chi connectivity index (χ3n) is 21.1. The van der Waals surface area contributed by atoms with Gasteiger partial charge in [-0.25, -0.2) is 17.6 Å². The van der Waals surface area contributed by atoms with Gasteiger partial charge in [0.15, 0.2) is 23.1 Å². The number of pyridine rings is 4. The van der Waals surface area contributed by atoms with E-state index >= 15 is 0 Å². The van der Waals surface area contributed by atoms with Gasteiger partial charge in [-0.1, -0.05) is 244 Å². The Morgan fingerprint density at radius 3 is 0.884 bits per heavy atom. The molecule has 4 radical (unpaired) electrons. The first-order valence-electron chi connectivity index (χ1n) is 44.7. The molecule has 138 heavy (non-hydrogen) atoms. The summed E-state index contributed by atoms with van der Waals surface area (Å²) in [5.74, 6) is 0.907. The molecule has 22 heteroatoms. The van der Waals surface area contributed by atoms with E-state index in [1.54, 1.807) is 60.1 Å². The van der Waals surface area contributed by atoms with Gasteiger partial charge in [-0.2, -0.15) is 0 Å². The Labute approximate surface area is 872 Å². The molecule has 752 valence electrons. The van der Waals surface area contributed by atoms with Gasteiger partial charge in [-0.3, -0.25) is 39.1 Å². The van der Waals surface area contributed by atoms with Gasteiger partial charge in [0.1, 0.15) is 52.1 Å². The van der Waals surface area contributed by atoms with Gasteiger partial charge < -0.3 is 29.9 Å². The molecule has 4 heterocycles. The molecule has 12 rings (SSSR count). The van der Waals surface area contributed by atoms with Crippen molar-refractivity contribution < 1.29 is 147 Å². The first-order valence-corrected chi connectivity index (χ1v) is 44.7. The largest absolute Gasteiger partial charge is 0.516 e. The average Bonchev–Trinajstić information content (AvgIpc) is 0.776. The number of fused-ring (bicyclic) bond motifs is 4. The molecule has 12 aromatic rings. The summed E-state index contributed by atoms with van der Waals surface area (Å²) >= 11 is 0. The van der Waals surface area contributed by atoms with Gasteiger partial charge in [-0.15, -0.1) is 134 Å². The van der Waals surface area contributed by atoms with Crippen molar-refractivity contribution in [1.82, 2.24) is 19.9 Å². The fourth-order valence-corrected chi connectivity index (χ4v) is 11.7. The molecular formula is C116H140F4Ir4N4O10-4. The van der Waals surface area contributed by atoms with E-state index in [4.69, 9.17) is 9.47 Å². The zero-order chi connectivity index (χ0) is 102. The minimum absolute atomic E-state index is 0. The molecule has 0 aliphatic carbocycles. The van der Waals surface area contributed by atoms with Crippen molar-refractivity contribution in [3.63, 3.8) is 0 Å². The number of hydrogen-bond acceptors (Lipinski definition) is 14. The second-order valence-electron chi connectivity index (χ2n) is 42.2. The number of aliphatic hydroxyl groups excluding tert-OH is 4. The molecule has 0 saturated heterocycles. The van der Waals surface area contributed by atoms with Crippen LogP contribution < -0.4 is 9.47 Å². The summed E-state index contributed by atoms with van der Waals surface area (Å²) in [6.45, 7) is 63.7. The number of rotatable bonds is 10. The number of aliphatic hydroxyl groups is 4. The minimum atomic E-state index is -0.417. The van der Waals surface area contributed by atoms with Crippen LogP contribution in [0.2, 0.25) is 0 Å². The molecule has 0 bridgehead atoms. The van der Waals surface area contributed by atoms with E-state index in [0.717, 1.165) is 83.3 Å². The van der Waals surface area contributed by atoms with E-state index in [1.165, 1.54) is 65.3 Å². The summed E-state index contributed by atoms with van der Waals surface area (Å²) in [7, 11) is 3.23.